The fourth-order valence-electron chi connectivity index (χ4n) is 0. The van der Waals surface area contributed by atoms with Crippen molar-refractivity contribution in [2.45, 2.75) is 0 Å². The Hall–Kier alpha value is 1.37. The second-order valence-electron chi connectivity index (χ2n) is 0.600. The van der Waals surface area contributed by atoms with Crippen molar-refractivity contribution in [3.63, 3.8) is 0 Å². The van der Waals surface area contributed by atoms with Crippen molar-refractivity contribution in [2.24, 2.45) is 0 Å². The van der Waals surface area contributed by atoms with Crippen molar-refractivity contribution in [2.75, 3.05) is 0 Å². The van der Waals surface area contributed by atoms with Gasteiger partial charge in [0, 0.05) is 21.7 Å². The van der Waals surface area contributed by atoms with Gasteiger partial charge in [-0.1, -0.05) is 0 Å². The average Bonchev–Trinajstić information content (AvgIpc) is 0.722. The fraction of sp³-hybridized carbons (Fsp3) is 0. The molecule has 0 aromatic rings. The van der Waals surface area contributed by atoms with Crippen molar-refractivity contribution >= 4 is 34.8 Å². The molecule has 0 heterocycles. The van der Waals surface area contributed by atoms with Gasteiger partial charge in [0.2, 0.25) is 0 Å². The van der Waals surface area contributed by atoms with Gasteiger partial charge in [0.25, 0.3) is 0 Å². The molecular weight excluding hydrogens is 178 g/mol. The molecule has 4 nitrogen and oxygen atoms in total. The van der Waals surface area contributed by atoms with Crippen LogP contribution >= 0.6 is 0 Å². The Balaban J connectivity index is -0.0000000267. The molecule has 0 aromatic heterocycles. The number of hydrogen-bond donors (Lipinski definition) is 4. The van der Waals surface area contributed by atoms with Crippen LogP contribution in [0.15, 0.2) is 0 Å². The average molecular weight is 188 g/mol. The van der Waals surface area contributed by atoms with Crippen LogP contribution in [0.1, 0.15) is 0 Å². The monoisotopic (exact) mass is 188 g/mol. The summed E-state index contributed by atoms with van der Waals surface area (Å²) in [5, 5.41) is 0. The van der Waals surface area contributed by atoms with Crippen LogP contribution in [0, 0.1) is 0 Å². The molecule has 0 radical (unpaired) electrons. The summed E-state index contributed by atoms with van der Waals surface area (Å²) in [6.45, 7) is 0. The minimum atomic E-state index is -4.61. The Kier molecular flexibility index (Phi) is 23.8. The van der Waals surface area contributed by atoms with Gasteiger partial charge < -0.3 is 19.2 Å². The van der Waals surface area contributed by atoms with Crippen LogP contribution in [0.5, 0.6) is 0 Å². The minimum Gasteiger partial charge on any atom is -0.368 e. The molecule has 0 atom stereocenters. The van der Waals surface area contributed by atoms with Gasteiger partial charge >= 0.3 is 9.05 Å². The van der Waals surface area contributed by atoms with Gasteiger partial charge in [-0.3, -0.25) is 0 Å². The maximum absolute atomic E-state index is 7.33. The third kappa shape index (κ3) is 160. The van der Waals surface area contributed by atoms with Gasteiger partial charge in [-0.15, -0.1) is 0 Å². The molecule has 8 heavy (non-hydrogen) atoms. The summed E-state index contributed by atoms with van der Waals surface area (Å²) in [6.07, 6.45) is 0. The van der Waals surface area contributed by atoms with E-state index in [2.05, 4.69) is 0 Å². The standard InChI is InChI=1S/Al.BH3.H4O4Si.Ti.3H/c;;1-5(2,3)4;;;;/h;1H3;1-4H;;;;. The van der Waals surface area contributed by atoms with Crippen molar-refractivity contribution in [3.05, 3.63) is 0 Å². The summed E-state index contributed by atoms with van der Waals surface area (Å²) >= 11 is 0. The first-order chi connectivity index (χ1) is 2.00. The maximum atomic E-state index is 7.33. The molecule has 0 aliphatic heterocycles. The molecule has 0 spiro atoms. The second-order valence-corrected chi connectivity index (χ2v) is 1.80. The second kappa shape index (κ2) is 8.37. The van der Waals surface area contributed by atoms with Gasteiger partial charge in [0.15, 0.2) is 17.4 Å². The molecule has 0 saturated heterocycles. The summed E-state index contributed by atoms with van der Waals surface area (Å²) in [5.74, 6) is 0. The fourth-order valence-corrected chi connectivity index (χ4v) is 0. The first-order valence-corrected chi connectivity index (χ1v) is 2.68. The Morgan fingerprint density at radius 1 is 0.875 bits per heavy atom. The Labute approximate surface area is 75.6 Å². The topological polar surface area (TPSA) is 80.9 Å². The maximum Gasteiger partial charge on any atom is 0.668 e. The predicted octanol–water partition coefficient (Wildman–Crippen LogP) is -4.98. The predicted molar refractivity (Wildman–Crippen MR) is 34.5 cm³/mol. The van der Waals surface area contributed by atoms with Gasteiger partial charge in [-0.2, -0.15) is 0 Å². The molecule has 0 fully saturated rings. The van der Waals surface area contributed by atoms with Gasteiger partial charge in [0.1, 0.15) is 0 Å². The normalized spacial score (nSPS) is 7.50. The zero-order valence-electron chi connectivity index (χ0n) is 2.79. The van der Waals surface area contributed by atoms with E-state index in [9.17, 15) is 0 Å². The molecule has 8 heteroatoms. The van der Waals surface area contributed by atoms with E-state index in [1.165, 1.54) is 0 Å². The Morgan fingerprint density at radius 2 is 0.875 bits per heavy atom. The SMILES string of the molecule is B.O[Si](O)(O)O.[AlH3].[Ti]. The summed E-state index contributed by atoms with van der Waals surface area (Å²) in [5.41, 5.74) is 0. The molecule has 0 unspecified atom stereocenters. The molecule has 0 amide bonds. The van der Waals surface area contributed by atoms with Gasteiger partial charge in [-0.25, -0.2) is 0 Å². The van der Waals surface area contributed by atoms with Crippen LogP contribution in [-0.2, 0) is 21.7 Å². The summed E-state index contributed by atoms with van der Waals surface area (Å²) in [4.78, 5) is 29.3. The molecule has 0 aliphatic carbocycles. The van der Waals surface area contributed by atoms with Crippen LogP contribution < -0.4 is 0 Å². The number of hydrogen-bond acceptors (Lipinski definition) is 4. The van der Waals surface area contributed by atoms with E-state index < -0.39 is 9.05 Å². The molecule has 4 N–H and O–H groups in total. The van der Waals surface area contributed by atoms with E-state index in [0.717, 1.165) is 0 Å². The first kappa shape index (κ1) is 22.8. The van der Waals surface area contributed by atoms with Crippen LogP contribution in [0.25, 0.3) is 0 Å². The van der Waals surface area contributed by atoms with Crippen LogP contribution in [0.4, 0.5) is 0 Å². The van der Waals surface area contributed by atoms with Gasteiger partial charge in [-0.05, 0) is 0 Å². The summed E-state index contributed by atoms with van der Waals surface area (Å²) < 4.78 is 0. The zero-order chi connectivity index (χ0) is 4.50. The molecule has 0 aliphatic rings. The largest absolute Gasteiger partial charge is 0.668 e. The van der Waals surface area contributed by atoms with E-state index in [0.29, 0.717) is 0 Å². The molecule has 0 bridgehead atoms. The van der Waals surface area contributed by atoms with E-state index >= 15 is 0 Å². The van der Waals surface area contributed by atoms with Crippen LogP contribution in [0.3, 0.4) is 0 Å². The zero-order valence-corrected chi connectivity index (χ0v) is 5.35. The molecule has 0 aromatic carbocycles. The van der Waals surface area contributed by atoms with Crippen LogP contribution in [0.2, 0.25) is 0 Å². The quantitative estimate of drug-likeness (QED) is 0.287. The Morgan fingerprint density at radius 3 is 0.875 bits per heavy atom. The van der Waals surface area contributed by atoms with Crippen molar-refractivity contribution < 1.29 is 40.9 Å². The van der Waals surface area contributed by atoms with E-state index in [-0.39, 0.29) is 47.5 Å². The van der Waals surface area contributed by atoms with Gasteiger partial charge in [0.05, 0.1) is 8.41 Å². The minimum absolute atomic E-state index is 0. The third-order valence-electron chi connectivity index (χ3n) is 0. The summed E-state index contributed by atoms with van der Waals surface area (Å²) in [7, 11) is -4.61. The van der Waals surface area contributed by atoms with E-state index in [4.69, 9.17) is 19.2 Å². The van der Waals surface area contributed by atoms with E-state index in [1.54, 1.807) is 0 Å². The molecule has 0 rings (SSSR count). The summed E-state index contributed by atoms with van der Waals surface area (Å²) in [6, 6.07) is 0. The number of rotatable bonds is 0. The Bertz CT molecular complexity index is 31.5. The van der Waals surface area contributed by atoms with Crippen molar-refractivity contribution in [1.82, 2.24) is 0 Å². The molecule has 48 valence electrons. The van der Waals surface area contributed by atoms with Crippen molar-refractivity contribution in [1.29, 1.82) is 0 Å². The smallest absolute Gasteiger partial charge is 0.368 e. The molecule has 0 saturated carbocycles. The van der Waals surface area contributed by atoms with Crippen molar-refractivity contribution in [3.8, 4) is 0 Å². The first-order valence-electron chi connectivity index (χ1n) is 0.894. The van der Waals surface area contributed by atoms with Crippen LogP contribution in [-0.4, -0.2) is 54.0 Å². The molecular formula is H10AlBO4SiTi. The third-order valence-corrected chi connectivity index (χ3v) is 0. The van der Waals surface area contributed by atoms with E-state index in [1.807, 2.05) is 0 Å².